The van der Waals surface area contributed by atoms with Crippen molar-refractivity contribution in [1.29, 1.82) is 0 Å². The summed E-state index contributed by atoms with van der Waals surface area (Å²) in [6, 6.07) is 5.65. The lowest BCUT2D eigenvalue weighted by atomic mass is 9.66. The summed E-state index contributed by atoms with van der Waals surface area (Å²) in [4.78, 5) is 13.7. The van der Waals surface area contributed by atoms with Crippen LogP contribution in [0.5, 0.6) is 11.5 Å². The molecule has 0 spiro atoms. The van der Waals surface area contributed by atoms with Crippen LogP contribution in [0.1, 0.15) is 43.7 Å². The number of rotatable bonds is 5. The van der Waals surface area contributed by atoms with Gasteiger partial charge in [-0.25, -0.2) is 0 Å². The van der Waals surface area contributed by atoms with E-state index >= 15 is 0 Å². The van der Waals surface area contributed by atoms with E-state index < -0.39 is 5.60 Å². The highest BCUT2D eigenvalue weighted by Gasteiger charge is 2.49. The second-order valence-electron chi connectivity index (χ2n) is 7.20. The number of methoxy groups -OCH3 is 2. The van der Waals surface area contributed by atoms with E-state index in [1.807, 2.05) is 18.2 Å². The Hall–Kier alpha value is -1.79. The maximum absolute atomic E-state index is 11.6. The van der Waals surface area contributed by atoms with Gasteiger partial charge in [0.05, 0.1) is 26.4 Å². The van der Waals surface area contributed by atoms with Gasteiger partial charge < -0.3 is 20.3 Å². The van der Waals surface area contributed by atoms with E-state index in [0.717, 1.165) is 37.0 Å². The maximum atomic E-state index is 11.6. The number of nitrogens with two attached hydrogens (primary N) is 1. The first-order chi connectivity index (χ1) is 12.0. The van der Waals surface area contributed by atoms with E-state index in [-0.39, 0.29) is 24.4 Å². The first kappa shape index (κ1) is 18.0. The molecule has 1 saturated heterocycles. The summed E-state index contributed by atoms with van der Waals surface area (Å²) in [5.41, 5.74) is 5.79. The number of carbonyl (C=O) groups excluding carboxylic acids is 1. The Morgan fingerprint density at radius 3 is 2.80 bits per heavy atom. The van der Waals surface area contributed by atoms with Crippen molar-refractivity contribution in [2.45, 2.75) is 43.7 Å². The quantitative estimate of drug-likeness (QED) is 0.848. The largest absolute Gasteiger partial charge is 0.497 e. The van der Waals surface area contributed by atoms with Gasteiger partial charge >= 0.3 is 0 Å². The molecule has 1 heterocycles. The second kappa shape index (κ2) is 7.22. The molecule has 6 heteroatoms. The Morgan fingerprint density at radius 1 is 1.32 bits per heavy atom. The summed E-state index contributed by atoms with van der Waals surface area (Å²) >= 11 is 0. The van der Waals surface area contributed by atoms with E-state index in [4.69, 9.17) is 15.2 Å². The van der Waals surface area contributed by atoms with E-state index in [2.05, 4.69) is 4.90 Å². The molecule has 1 aliphatic heterocycles. The number of amides is 1. The first-order valence-corrected chi connectivity index (χ1v) is 8.95. The van der Waals surface area contributed by atoms with Crippen LogP contribution in [0.25, 0.3) is 0 Å². The number of benzene rings is 1. The second-order valence-corrected chi connectivity index (χ2v) is 7.20. The minimum Gasteiger partial charge on any atom is -0.497 e. The third kappa shape index (κ3) is 3.46. The Balaban J connectivity index is 2.04. The van der Waals surface area contributed by atoms with Crippen LogP contribution >= 0.6 is 0 Å². The number of fused-ring (bicyclic) bond motifs is 1. The predicted octanol–water partition coefficient (Wildman–Crippen LogP) is 1.86. The van der Waals surface area contributed by atoms with Crippen LogP contribution in [0.15, 0.2) is 18.2 Å². The van der Waals surface area contributed by atoms with Crippen LogP contribution in [0.3, 0.4) is 0 Å². The minimum atomic E-state index is -0.679. The van der Waals surface area contributed by atoms with Crippen LogP contribution in [0.2, 0.25) is 0 Å². The molecule has 2 aliphatic rings. The van der Waals surface area contributed by atoms with Crippen molar-refractivity contribution in [3.05, 3.63) is 23.8 Å². The van der Waals surface area contributed by atoms with Crippen molar-refractivity contribution in [2.24, 2.45) is 11.7 Å². The molecule has 3 unspecified atom stereocenters. The van der Waals surface area contributed by atoms with Crippen molar-refractivity contribution in [3.8, 4) is 11.5 Å². The average molecular weight is 348 g/mol. The van der Waals surface area contributed by atoms with Crippen LogP contribution in [-0.4, -0.2) is 48.8 Å². The zero-order chi connectivity index (χ0) is 18.0. The van der Waals surface area contributed by atoms with Gasteiger partial charge in [0, 0.05) is 30.1 Å². The molecule has 3 atom stereocenters. The first-order valence-electron chi connectivity index (χ1n) is 8.95. The molecule has 2 fully saturated rings. The molecule has 3 N–H and O–H groups in total. The number of piperidine rings is 1. The molecule has 1 aliphatic carbocycles. The van der Waals surface area contributed by atoms with E-state index in [1.165, 1.54) is 0 Å². The van der Waals surface area contributed by atoms with Gasteiger partial charge in [-0.2, -0.15) is 0 Å². The third-order valence-electron chi connectivity index (χ3n) is 5.79. The molecule has 1 amide bonds. The molecule has 138 valence electrons. The number of aliphatic hydroxyl groups is 1. The smallest absolute Gasteiger partial charge is 0.231 e. The van der Waals surface area contributed by atoms with Crippen molar-refractivity contribution in [2.75, 3.05) is 27.3 Å². The van der Waals surface area contributed by atoms with Gasteiger partial charge in [-0.3, -0.25) is 9.69 Å². The summed E-state index contributed by atoms with van der Waals surface area (Å²) in [6.45, 7) is 0.836. The summed E-state index contributed by atoms with van der Waals surface area (Å²) in [7, 11) is 3.25. The highest BCUT2D eigenvalue weighted by molar-refractivity contribution is 5.76. The number of primary amides is 1. The summed E-state index contributed by atoms with van der Waals surface area (Å²) in [5.74, 6) is 1.15. The van der Waals surface area contributed by atoms with Crippen molar-refractivity contribution in [3.63, 3.8) is 0 Å². The lowest BCUT2D eigenvalue weighted by molar-refractivity contribution is -0.136. The third-order valence-corrected chi connectivity index (χ3v) is 5.79. The highest BCUT2D eigenvalue weighted by Crippen LogP contribution is 2.51. The molecule has 0 bridgehead atoms. The van der Waals surface area contributed by atoms with Gasteiger partial charge in [0.25, 0.3) is 0 Å². The van der Waals surface area contributed by atoms with Gasteiger partial charge in [-0.05, 0) is 25.3 Å². The number of hydrogen-bond donors (Lipinski definition) is 2. The van der Waals surface area contributed by atoms with Crippen LogP contribution < -0.4 is 15.2 Å². The van der Waals surface area contributed by atoms with Crippen molar-refractivity contribution >= 4 is 5.91 Å². The number of carbonyl (C=O) groups is 1. The molecule has 1 aromatic rings. The van der Waals surface area contributed by atoms with Gasteiger partial charge in [-0.15, -0.1) is 0 Å². The van der Waals surface area contributed by atoms with E-state index in [1.54, 1.807) is 14.2 Å². The molecule has 25 heavy (non-hydrogen) atoms. The fourth-order valence-corrected chi connectivity index (χ4v) is 4.60. The van der Waals surface area contributed by atoms with Gasteiger partial charge in [0.2, 0.25) is 5.91 Å². The maximum Gasteiger partial charge on any atom is 0.231 e. The zero-order valence-corrected chi connectivity index (χ0v) is 15.0. The molecule has 1 aromatic carbocycles. The molecule has 6 nitrogen and oxygen atoms in total. The number of ether oxygens (including phenoxy) is 2. The Labute approximate surface area is 148 Å². The van der Waals surface area contributed by atoms with Crippen LogP contribution in [0, 0.1) is 5.92 Å². The SMILES string of the molecule is COc1ccc(C2C3CCCCC3(O)CCN2CC(N)=O)c(OC)c1. The summed E-state index contributed by atoms with van der Waals surface area (Å²) in [5, 5.41) is 11.2. The lowest BCUT2D eigenvalue weighted by Gasteiger charge is -2.52. The standard InChI is InChI=1S/C19H28N2O4/c1-24-13-6-7-14(16(11-13)25-2)18-15-5-3-4-8-19(15,23)9-10-21(18)12-17(20)22/h6-7,11,15,18,23H,3-5,8-10,12H2,1-2H3,(H2,20,22). The number of likely N-dealkylation sites (tertiary alicyclic amines) is 1. The Kier molecular flexibility index (Phi) is 5.20. The topological polar surface area (TPSA) is 85.0 Å². The lowest BCUT2D eigenvalue weighted by Crippen LogP contribution is -2.56. The van der Waals surface area contributed by atoms with E-state index in [9.17, 15) is 9.90 Å². The highest BCUT2D eigenvalue weighted by atomic mass is 16.5. The molecule has 3 rings (SSSR count). The van der Waals surface area contributed by atoms with Crippen LogP contribution in [0.4, 0.5) is 0 Å². The fourth-order valence-electron chi connectivity index (χ4n) is 4.60. The van der Waals surface area contributed by atoms with Gasteiger partial charge in [-0.1, -0.05) is 18.9 Å². The molecule has 0 aromatic heterocycles. The number of hydrogen-bond acceptors (Lipinski definition) is 5. The van der Waals surface area contributed by atoms with Gasteiger partial charge in [0.1, 0.15) is 11.5 Å². The van der Waals surface area contributed by atoms with E-state index in [0.29, 0.717) is 18.7 Å². The van der Waals surface area contributed by atoms with Crippen LogP contribution in [-0.2, 0) is 4.79 Å². The van der Waals surface area contributed by atoms with Crippen molar-refractivity contribution in [1.82, 2.24) is 4.90 Å². The zero-order valence-electron chi connectivity index (χ0n) is 15.0. The molecular formula is C19H28N2O4. The molecule has 1 saturated carbocycles. The Morgan fingerprint density at radius 2 is 2.12 bits per heavy atom. The predicted molar refractivity (Wildman–Crippen MR) is 94.6 cm³/mol. The number of nitrogens with zero attached hydrogens (tertiary/aromatic N) is 1. The van der Waals surface area contributed by atoms with Gasteiger partial charge in [0.15, 0.2) is 0 Å². The normalized spacial score (nSPS) is 29.7. The Bertz CT molecular complexity index is 636. The summed E-state index contributed by atoms with van der Waals surface area (Å²) < 4.78 is 10.9. The molecular weight excluding hydrogens is 320 g/mol. The monoisotopic (exact) mass is 348 g/mol. The fraction of sp³-hybridized carbons (Fsp3) is 0.632. The minimum absolute atomic E-state index is 0.0663. The molecule has 0 radical (unpaired) electrons. The van der Waals surface area contributed by atoms with Crippen molar-refractivity contribution < 1.29 is 19.4 Å². The summed E-state index contributed by atoms with van der Waals surface area (Å²) in [6.07, 6.45) is 4.57. The average Bonchev–Trinajstić information content (AvgIpc) is 2.61.